The predicted molar refractivity (Wildman–Crippen MR) is 91.6 cm³/mol. The summed E-state index contributed by atoms with van der Waals surface area (Å²) in [6.45, 7) is 6.66. The van der Waals surface area contributed by atoms with Crippen LogP contribution >= 0.6 is 0 Å². The third kappa shape index (κ3) is 4.71. The first-order valence-corrected chi connectivity index (χ1v) is 8.09. The highest BCUT2D eigenvalue weighted by atomic mass is 14.9. The summed E-state index contributed by atoms with van der Waals surface area (Å²) in [6.07, 6.45) is 3.37. The van der Waals surface area contributed by atoms with Crippen LogP contribution in [0.2, 0.25) is 0 Å². The van der Waals surface area contributed by atoms with Crippen molar-refractivity contribution in [1.29, 1.82) is 0 Å². The van der Waals surface area contributed by atoms with Gasteiger partial charge in [0.2, 0.25) is 0 Å². The van der Waals surface area contributed by atoms with E-state index in [0.717, 1.165) is 19.3 Å². The smallest absolute Gasteiger partial charge is 0.0320 e. The minimum atomic E-state index is 0.444. The van der Waals surface area contributed by atoms with E-state index < -0.39 is 0 Å². The zero-order chi connectivity index (χ0) is 15.1. The van der Waals surface area contributed by atoms with Crippen LogP contribution in [0.25, 0.3) is 0 Å². The molecule has 112 valence electrons. The molecule has 1 heteroatoms. The van der Waals surface area contributed by atoms with Crippen LogP contribution < -0.4 is 5.32 Å². The number of hydrogen-bond acceptors (Lipinski definition) is 1. The molecule has 1 N–H and O–H groups in total. The maximum absolute atomic E-state index is 3.84. The molecule has 2 rings (SSSR count). The topological polar surface area (TPSA) is 12.0 Å². The first kappa shape index (κ1) is 15.8. The van der Waals surface area contributed by atoms with Gasteiger partial charge in [-0.15, -0.1) is 0 Å². The molecule has 0 aliphatic heterocycles. The highest BCUT2D eigenvalue weighted by Gasteiger charge is 2.14. The van der Waals surface area contributed by atoms with Gasteiger partial charge < -0.3 is 5.32 Å². The zero-order valence-electron chi connectivity index (χ0n) is 13.5. The molecule has 0 amide bonds. The van der Waals surface area contributed by atoms with Gasteiger partial charge in [0.25, 0.3) is 0 Å². The van der Waals surface area contributed by atoms with Crippen molar-refractivity contribution in [2.45, 2.75) is 52.1 Å². The first-order valence-electron chi connectivity index (χ1n) is 8.09. The Labute approximate surface area is 129 Å². The Morgan fingerprint density at radius 3 is 2.10 bits per heavy atom. The van der Waals surface area contributed by atoms with E-state index in [4.69, 9.17) is 0 Å². The lowest BCUT2D eigenvalue weighted by Gasteiger charge is -2.25. The molecule has 2 aromatic carbocycles. The fourth-order valence-corrected chi connectivity index (χ4v) is 2.75. The van der Waals surface area contributed by atoms with E-state index in [2.05, 4.69) is 80.7 Å². The van der Waals surface area contributed by atoms with Crippen LogP contribution in [0.1, 0.15) is 49.4 Å². The lowest BCUT2D eigenvalue weighted by molar-refractivity contribution is 0.413. The molecule has 0 saturated carbocycles. The fraction of sp³-hybridized carbons (Fsp3) is 0.400. The van der Waals surface area contributed by atoms with Crippen LogP contribution in [0.3, 0.4) is 0 Å². The maximum Gasteiger partial charge on any atom is 0.0320 e. The normalized spacial score (nSPS) is 13.9. The third-order valence-electron chi connectivity index (χ3n) is 4.14. The number of hydrogen-bond donors (Lipinski definition) is 1. The van der Waals surface area contributed by atoms with Crippen molar-refractivity contribution in [3.8, 4) is 0 Å². The molecule has 0 saturated heterocycles. The van der Waals surface area contributed by atoms with Crippen LogP contribution in [0, 0.1) is 6.92 Å². The number of benzene rings is 2. The average Bonchev–Trinajstić information content (AvgIpc) is 2.53. The first-order chi connectivity index (χ1) is 10.2. The van der Waals surface area contributed by atoms with Crippen LogP contribution in [0.5, 0.6) is 0 Å². The highest BCUT2D eigenvalue weighted by Crippen LogP contribution is 2.19. The van der Waals surface area contributed by atoms with Gasteiger partial charge in [-0.1, -0.05) is 74.0 Å². The standard InChI is InChI=1S/C20H27N/c1-4-19(15-17-9-7-6-8-10-17)21-20(5-2)18-13-11-16(3)12-14-18/h6-14,19-21H,4-5,15H2,1-3H3. The molecule has 0 bridgehead atoms. The van der Waals surface area contributed by atoms with Crippen LogP contribution in [0.15, 0.2) is 54.6 Å². The summed E-state index contributed by atoms with van der Waals surface area (Å²) in [4.78, 5) is 0. The summed E-state index contributed by atoms with van der Waals surface area (Å²) >= 11 is 0. The predicted octanol–water partition coefficient (Wildman–Crippen LogP) is 5.06. The van der Waals surface area contributed by atoms with Gasteiger partial charge >= 0.3 is 0 Å². The van der Waals surface area contributed by atoms with Crippen molar-refractivity contribution in [3.05, 3.63) is 71.3 Å². The Kier molecular flexibility index (Phi) is 6.01. The van der Waals surface area contributed by atoms with Gasteiger partial charge in [-0.3, -0.25) is 0 Å². The van der Waals surface area contributed by atoms with Crippen molar-refractivity contribution >= 4 is 0 Å². The molecule has 21 heavy (non-hydrogen) atoms. The van der Waals surface area contributed by atoms with Crippen molar-refractivity contribution in [3.63, 3.8) is 0 Å². The SMILES string of the molecule is CCC(Cc1ccccc1)NC(CC)c1ccc(C)cc1. The second-order valence-electron chi connectivity index (χ2n) is 5.83. The highest BCUT2D eigenvalue weighted by molar-refractivity contribution is 5.24. The molecule has 0 heterocycles. The third-order valence-corrected chi connectivity index (χ3v) is 4.14. The number of aryl methyl sites for hydroxylation is 1. The molecule has 2 unspecified atom stereocenters. The van der Waals surface area contributed by atoms with Crippen molar-refractivity contribution in [2.75, 3.05) is 0 Å². The van der Waals surface area contributed by atoms with Gasteiger partial charge in [0.1, 0.15) is 0 Å². The van der Waals surface area contributed by atoms with E-state index >= 15 is 0 Å². The van der Waals surface area contributed by atoms with E-state index in [1.54, 1.807) is 0 Å². The summed E-state index contributed by atoms with van der Waals surface area (Å²) in [6, 6.07) is 20.7. The molecule has 0 fully saturated rings. The summed E-state index contributed by atoms with van der Waals surface area (Å²) in [5.74, 6) is 0. The second-order valence-corrected chi connectivity index (χ2v) is 5.83. The Balaban J connectivity index is 2.03. The van der Waals surface area contributed by atoms with Crippen molar-refractivity contribution < 1.29 is 0 Å². The molecule has 0 spiro atoms. The molecule has 0 radical (unpaired) electrons. The summed E-state index contributed by atoms with van der Waals surface area (Å²) in [5.41, 5.74) is 4.13. The van der Waals surface area contributed by atoms with Gasteiger partial charge in [-0.2, -0.15) is 0 Å². The van der Waals surface area contributed by atoms with Gasteiger partial charge in [0, 0.05) is 12.1 Å². The van der Waals surface area contributed by atoms with Gasteiger partial charge in [0.15, 0.2) is 0 Å². The van der Waals surface area contributed by atoms with E-state index in [0.29, 0.717) is 12.1 Å². The average molecular weight is 281 g/mol. The Morgan fingerprint density at radius 1 is 0.857 bits per heavy atom. The van der Waals surface area contributed by atoms with Crippen molar-refractivity contribution in [2.24, 2.45) is 0 Å². The minimum absolute atomic E-state index is 0.444. The molecular formula is C20H27N. The van der Waals surface area contributed by atoms with E-state index in [-0.39, 0.29) is 0 Å². The molecular weight excluding hydrogens is 254 g/mol. The quantitative estimate of drug-likeness (QED) is 0.748. The molecule has 0 aliphatic rings. The Bertz CT molecular complexity index is 515. The lowest BCUT2D eigenvalue weighted by atomic mass is 9.98. The van der Waals surface area contributed by atoms with Gasteiger partial charge in [-0.05, 0) is 37.3 Å². The maximum atomic E-state index is 3.84. The van der Waals surface area contributed by atoms with E-state index in [1.165, 1.54) is 16.7 Å². The lowest BCUT2D eigenvalue weighted by Crippen LogP contribution is -2.34. The largest absolute Gasteiger partial charge is 0.307 e. The molecule has 0 aliphatic carbocycles. The Hall–Kier alpha value is -1.60. The van der Waals surface area contributed by atoms with Crippen molar-refractivity contribution in [1.82, 2.24) is 5.32 Å². The second kappa shape index (κ2) is 7.99. The van der Waals surface area contributed by atoms with E-state index in [9.17, 15) is 0 Å². The summed E-state index contributed by atoms with van der Waals surface area (Å²) in [7, 11) is 0. The number of nitrogens with one attached hydrogen (secondary N) is 1. The number of rotatable bonds is 7. The monoisotopic (exact) mass is 281 g/mol. The van der Waals surface area contributed by atoms with Crippen LogP contribution in [-0.2, 0) is 6.42 Å². The molecule has 2 atom stereocenters. The zero-order valence-corrected chi connectivity index (χ0v) is 13.5. The Morgan fingerprint density at radius 2 is 1.52 bits per heavy atom. The van der Waals surface area contributed by atoms with Gasteiger partial charge in [-0.25, -0.2) is 0 Å². The molecule has 2 aromatic rings. The van der Waals surface area contributed by atoms with Gasteiger partial charge in [0.05, 0.1) is 0 Å². The minimum Gasteiger partial charge on any atom is -0.307 e. The molecule has 1 nitrogen and oxygen atoms in total. The van der Waals surface area contributed by atoms with E-state index in [1.807, 2.05) is 0 Å². The fourth-order valence-electron chi connectivity index (χ4n) is 2.75. The van der Waals surface area contributed by atoms with Crippen LogP contribution in [-0.4, -0.2) is 6.04 Å². The summed E-state index contributed by atoms with van der Waals surface area (Å²) < 4.78 is 0. The van der Waals surface area contributed by atoms with Crippen LogP contribution in [0.4, 0.5) is 0 Å². The summed E-state index contributed by atoms with van der Waals surface area (Å²) in [5, 5.41) is 3.84. The molecule has 0 aromatic heterocycles.